The van der Waals surface area contributed by atoms with E-state index in [4.69, 9.17) is 0 Å². The van der Waals surface area contributed by atoms with Gasteiger partial charge in [-0.05, 0) is 12.1 Å². The van der Waals surface area contributed by atoms with Crippen molar-refractivity contribution in [3.05, 3.63) is 27.7 Å². The molecular formula is C13H14BrF5N2O. The second-order valence-electron chi connectivity index (χ2n) is 4.95. The van der Waals surface area contributed by atoms with Gasteiger partial charge in [0, 0.05) is 36.2 Å². The van der Waals surface area contributed by atoms with Crippen LogP contribution >= 0.6 is 15.9 Å². The van der Waals surface area contributed by atoms with Gasteiger partial charge in [-0.3, -0.25) is 4.90 Å². The molecule has 1 aromatic carbocycles. The largest absolute Gasteiger partial charge is 0.507 e. The zero-order valence-corrected chi connectivity index (χ0v) is 12.9. The molecule has 9 heteroatoms. The second kappa shape index (κ2) is 6.67. The summed E-state index contributed by atoms with van der Waals surface area (Å²) in [6, 6.07) is 0.212. The van der Waals surface area contributed by atoms with Crippen molar-refractivity contribution in [1.82, 2.24) is 10.2 Å². The Kier molecular flexibility index (Phi) is 5.29. The van der Waals surface area contributed by atoms with E-state index < -0.39 is 35.5 Å². The highest BCUT2D eigenvalue weighted by molar-refractivity contribution is 9.10. The van der Waals surface area contributed by atoms with Crippen LogP contribution in [0.25, 0.3) is 0 Å². The first-order valence-electron chi connectivity index (χ1n) is 6.54. The van der Waals surface area contributed by atoms with Gasteiger partial charge < -0.3 is 10.4 Å². The number of alkyl halides is 5. The number of phenols is 1. The second-order valence-corrected chi connectivity index (χ2v) is 5.87. The molecule has 2 rings (SSSR count). The summed E-state index contributed by atoms with van der Waals surface area (Å²) in [4.78, 5) is 1.38. The topological polar surface area (TPSA) is 35.5 Å². The Labute approximate surface area is 132 Å². The molecule has 3 nitrogen and oxygen atoms in total. The first kappa shape index (κ1) is 17.4. The van der Waals surface area contributed by atoms with E-state index in [9.17, 15) is 27.1 Å². The van der Waals surface area contributed by atoms with Gasteiger partial charge in [0.15, 0.2) is 0 Å². The Hall–Kier alpha value is -0.930. The number of phenolic OH excluding ortho intramolecular Hbond substituents is 1. The van der Waals surface area contributed by atoms with Crippen molar-refractivity contribution < 1.29 is 27.1 Å². The number of benzene rings is 1. The number of halogens is 6. The standard InChI is InChI=1S/C13H14BrF5N2O/c14-7-5-8(11(22)9(6-7)13(17,18)19)10(12(15)16)21-3-1-20-2-4-21/h5-6,10,12,20,22H,1-4H2/t10-/m0/s1. The van der Waals surface area contributed by atoms with Crippen molar-refractivity contribution >= 4 is 15.9 Å². The molecule has 1 aliphatic rings. The van der Waals surface area contributed by atoms with Crippen LogP contribution in [0, 0.1) is 0 Å². The Morgan fingerprint density at radius 2 is 1.77 bits per heavy atom. The van der Waals surface area contributed by atoms with Crippen LogP contribution in [0.5, 0.6) is 5.75 Å². The fourth-order valence-corrected chi connectivity index (χ4v) is 2.99. The van der Waals surface area contributed by atoms with Gasteiger partial charge in [0.25, 0.3) is 6.43 Å². The molecule has 0 saturated carbocycles. The maximum atomic E-state index is 13.4. The van der Waals surface area contributed by atoms with E-state index in [0.29, 0.717) is 19.2 Å². The zero-order valence-electron chi connectivity index (χ0n) is 11.3. The average Bonchev–Trinajstić information content (AvgIpc) is 2.42. The van der Waals surface area contributed by atoms with Crippen LogP contribution < -0.4 is 5.32 Å². The molecular weight excluding hydrogens is 375 g/mol. The molecule has 0 aliphatic carbocycles. The van der Waals surface area contributed by atoms with Gasteiger partial charge in [0.2, 0.25) is 0 Å². The summed E-state index contributed by atoms with van der Waals surface area (Å²) in [6.45, 7) is 1.46. The summed E-state index contributed by atoms with van der Waals surface area (Å²) in [5.74, 6) is -1.14. The molecule has 0 amide bonds. The number of rotatable bonds is 3. The quantitative estimate of drug-likeness (QED) is 0.779. The fraction of sp³-hybridized carbons (Fsp3) is 0.538. The van der Waals surface area contributed by atoms with Gasteiger partial charge in [-0.1, -0.05) is 15.9 Å². The lowest BCUT2D eigenvalue weighted by atomic mass is 10.00. The van der Waals surface area contributed by atoms with E-state index >= 15 is 0 Å². The first-order chi connectivity index (χ1) is 10.2. The SMILES string of the molecule is Oc1c([C@@H](C(F)F)N2CCNCC2)cc(Br)cc1C(F)(F)F. The number of piperazine rings is 1. The molecule has 0 spiro atoms. The summed E-state index contributed by atoms with van der Waals surface area (Å²) < 4.78 is 65.6. The van der Waals surface area contributed by atoms with Crippen LogP contribution in [0.2, 0.25) is 0 Å². The molecule has 22 heavy (non-hydrogen) atoms. The van der Waals surface area contributed by atoms with E-state index in [1.807, 2.05) is 0 Å². The third-order valence-corrected chi connectivity index (χ3v) is 3.97. The molecule has 1 aliphatic heterocycles. The van der Waals surface area contributed by atoms with Gasteiger partial charge in [-0.15, -0.1) is 0 Å². The molecule has 0 unspecified atom stereocenters. The Balaban J connectivity index is 2.49. The zero-order chi connectivity index (χ0) is 16.5. The normalized spacial score (nSPS) is 18.7. The summed E-state index contributed by atoms with van der Waals surface area (Å²) >= 11 is 2.89. The number of hydrogen-bond donors (Lipinski definition) is 2. The Morgan fingerprint density at radius 1 is 1.18 bits per heavy atom. The smallest absolute Gasteiger partial charge is 0.420 e. The average molecular weight is 389 g/mol. The third kappa shape index (κ3) is 3.69. The van der Waals surface area contributed by atoms with Crippen molar-refractivity contribution in [2.45, 2.75) is 18.6 Å². The van der Waals surface area contributed by atoms with Crippen molar-refractivity contribution in [3.8, 4) is 5.75 Å². The van der Waals surface area contributed by atoms with E-state index in [1.165, 1.54) is 4.90 Å². The number of aromatic hydroxyl groups is 1. The van der Waals surface area contributed by atoms with Crippen LogP contribution in [-0.4, -0.2) is 42.6 Å². The molecule has 1 aromatic rings. The van der Waals surface area contributed by atoms with Gasteiger partial charge in [-0.25, -0.2) is 8.78 Å². The van der Waals surface area contributed by atoms with E-state index in [1.54, 1.807) is 0 Å². The monoisotopic (exact) mass is 388 g/mol. The molecule has 1 atom stereocenters. The summed E-state index contributed by atoms with van der Waals surface area (Å²) in [6.07, 6.45) is -7.74. The molecule has 124 valence electrons. The van der Waals surface area contributed by atoms with E-state index in [-0.39, 0.29) is 17.6 Å². The van der Waals surface area contributed by atoms with Crippen molar-refractivity contribution in [2.75, 3.05) is 26.2 Å². The van der Waals surface area contributed by atoms with Crippen molar-refractivity contribution in [2.24, 2.45) is 0 Å². The molecule has 1 fully saturated rings. The predicted molar refractivity (Wildman–Crippen MR) is 74.0 cm³/mol. The maximum Gasteiger partial charge on any atom is 0.420 e. The highest BCUT2D eigenvalue weighted by Crippen LogP contribution is 2.43. The van der Waals surface area contributed by atoms with E-state index in [2.05, 4.69) is 21.2 Å². The van der Waals surface area contributed by atoms with Crippen LogP contribution in [0.3, 0.4) is 0 Å². The highest BCUT2D eigenvalue weighted by atomic mass is 79.9. The third-order valence-electron chi connectivity index (χ3n) is 3.51. The fourth-order valence-electron chi connectivity index (χ4n) is 2.51. The minimum absolute atomic E-state index is 0.00610. The highest BCUT2D eigenvalue weighted by Gasteiger charge is 2.39. The van der Waals surface area contributed by atoms with E-state index in [0.717, 1.165) is 6.07 Å². The van der Waals surface area contributed by atoms with Crippen LogP contribution in [0.15, 0.2) is 16.6 Å². The van der Waals surface area contributed by atoms with Gasteiger partial charge in [0.1, 0.15) is 11.8 Å². The maximum absolute atomic E-state index is 13.4. The van der Waals surface area contributed by atoms with Gasteiger partial charge >= 0.3 is 6.18 Å². The summed E-state index contributed by atoms with van der Waals surface area (Å²) in [7, 11) is 0. The first-order valence-corrected chi connectivity index (χ1v) is 7.33. The lowest BCUT2D eigenvalue weighted by Gasteiger charge is -2.35. The Morgan fingerprint density at radius 3 is 2.27 bits per heavy atom. The lowest BCUT2D eigenvalue weighted by molar-refractivity contribution is -0.139. The van der Waals surface area contributed by atoms with Crippen LogP contribution in [-0.2, 0) is 6.18 Å². The molecule has 0 bridgehead atoms. The van der Waals surface area contributed by atoms with Gasteiger partial charge in [-0.2, -0.15) is 13.2 Å². The summed E-state index contributed by atoms with van der Waals surface area (Å²) in [5.41, 5.74) is -1.74. The van der Waals surface area contributed by atoms with Crippen molar-refractivity contribution in [3.63, 3.8) is 0 Å². The molecule has 0 radical (unpaired) electrons. The molecule has 2 N–H and O–H groups in total. The van der Waals surface area contributed by atoms with Crippen molar-refractivity contribution in [1.29, 1.82) is 0 Å². The minimum Gasteiger partial charge on any atom is -0.507 e. The van der Waals surface area contributed by atoms with Gasteiger partial charge in [0.05, 0.1) is 5.56 Å². The molecule has 1 heterocycles. The summed E-state index contributed by atoms with van der Waals surface area (Å²) in [5, 5.41) is 12.9. The minimum atomic E-state index is -4.82. The molecule has 0 aromatic heterocycles. The molecule has 1 saturated heterocycles. The number of hydrogen-bond acceptors (Lipinski definition) is 3. The Bertz CT molecular complexity index is 532. The van der Waals surface area contributed by atoms with Crippen LogP contribution in [0.4, 0.5) is 22.0 Å². The lowest BCUT2D eigenvalue weighted by Crippen LogP contribution is -2.47. The number of nitrogens with one attached hydrogen (secondary N) is 1. The predicted octanol–water partition coefficient (Wildman–Crippen LogP) is 3.38. The number of nitrogens with zero attached hydrogens (tertiary/aromatic N) is 1. The van der Waals surface area contributed by atoms with Crippen LogP contribution in [0.1, 0.15) is 17.2 Å².